The lowest BCUT2D eigenvalue weighted by molar-refractivity contribution is 0.122. The van der Waals surface area contributed by atoms with Gasteiger partial charge in [0, 0.05) is 66.2 Å². The molecule has 0 aliphatic carbocycles. The van der Waals surface area contributed by atoms with Crippen LogP contribution in [0.5, 0.6) is 0 Å². The Bertz CT molecular complexity index is 1230. The number of hydrogen-bond acceptors (Lipinski definition) is 6. The number of nitrogens with zero attached hydrogens (tertiary/aromatic N) is 4. The summed E-state index contributed by atoms with van der Waals surface area (Å²) >= 11 is 0. The van der Waals surface area contributed by atoms with Gasteiger partial charge in [-0.1, -0.05) is 6.07 Å². The molecule has 32 heavy (non-hydrogen) atoms. The zero-order valence-corrected chi connectivity index (χ0v) is 17.9. The zero-order valence-electron chi connectivity index (χ0n) is 17.9. The zero-order chi connectivity index (χ0) is 21.9. The molecule has 5 rings (SSSR count). The maximum absolute atomic E-state index is 15.0. The van der Waals surface area contributed by atoms with Crippen LogP contribution in [0.1, 0.15) is 11.4 Å². The molecule has 0 unspecified atom stereocenters. The van der Waals surface area contributed by atoms with Crippen LogP contribution in [0.15, 0.2) is 48.7 Å². The topological polar surface area (TPSA) is 79.0 Å². The van der Waals surface area contributed by atoms with E-state index in [1.54, 1.807) is 6.07 Å². The molecule has 0 atom stereocenters. The van der Waals surface area contributed by atoms with Crippen molar-refractivity contribution in [3.8, 4) is 11.3 Å². The first-order valence-corrected chi connectivity index (χ1v) is 10.8. The summed E-state index contributed by atoms with van der Waals surface area (Å²) < 4.78 is 20.4. The molecular weight excluding hydrogens is 407 g/mol. The van der Waals surface area contributed by atoms with Crippen LogP contribution in [0.4, 0.5) is 16.2 Å². The minimum atomic E-state index is -0.307. The number of fused-ring (bicyclic) bond motifs is 1. The van der Waals surface area contributed by atoms with Crippen LogP contribution >= 0.6 is 0 Å². The lowest BCUT2D eigenvalue weighted by Gasteiger charge is -2.28. The number of pyridine rings is 1. The highest BCUT2D eigenvalue weighted by Crippen LogP contribution is 2.32. The molecule has 164 valence electrons. The molecule has 7 nitrogen and oxygen atoms in total. The van der Waals surface area contributed by atoms with Gasteiger partial charge in [0.2, 0.25) is 5.95 Å². The van der Waals surface area contributed by atoms with Gasteiger partial charge in [-0.2, -0.15) is 4.98 Å². The third-order valence-electron chi connectivity index (χ3n) is 5.60. The summed E-state index contributed by atoms with van der Waals surface area (Å²) in [4.78, 5) is 19.3. The van der Waals surface area contributed by atoms with Crippen LogP contribution in [-0.4, -0.2) is 52.8 Å². The Morgan fingerprint density at radius 2 is 1.97 bits per heavy atom. The molecule has 1 fully saturated rings. The fourth-order valence-corrected chi connectivity index (χ4v) is 4.00. The molecule has 0 saturated carbocycles. The van der Waals surface area contributed by atoms with E-state index >= 15 is 0 Å². The molecule has 0 amide bonds. The molecule has 1 aliphatic rings. The molecule has 0 radical (unpaired) electrons. The van der Waals surface area contributed by atoms with E-state index in [-0.39, 0.29) is 5.82 Å². The molecule has 4 heterocycles. The van der Waals surface area contributed by atoms with Gasteiger partial charge >= 0.3 is 0 Å². The summed E-state index contributed by atoms with van der Waals surface area (Å²) in [6.07, 6.45) is 2.55. The molecule has 1 aromatic carbocycles. The van der Waals surface area contributed by atoms with Gasteiger partial charge in [0.05, 0.1) is 18.9 Å². The highest BCUT2D eigenvalue weighted by molar-refractivity contribution is 5.95. The summed E-state index contributed by atoms with van der Waals surface area (Å²) in [5.74, 6) is 0.934. The third kappa shape index (κ3) is 4.27. The standard InChI is InChI=1S/C24H25FN6O/c1-16-3-2-4-17(28-16)7-9-27-24-29-21(15-22(30-24)31-11-13-32-14-12-31)23-18-8-10-26-20(18)6-5-19(23)25/h2-6,8,10,15,26H,7,9,11-14H2,1H3,(H,27,29,30). The van der Waals surface area contributed by atoms with Crippen molar-refractivity contribution >= 4 is 22.7 Å². The Morgan fingerprint density at radius 1 is 1.09 bits per heavy atom. The highest BCUT2D eigenvalue weighted by atomic mass is 19.1. The quantitative estimate of drug-likeness (QED) is 0.480. The SMILES string of the molecule is Cc1cccc(CCNc2nc(-c3c(F)ccc4[nH]ccc34)cc(N3CCOCC3)n2)n1. The molecule has 4 aromatic rings. The molecule has 0 spiro atoms. The largest absolute Gasteiger partial charge is 0.378 e. The number of aromatic nitrogens is 4. The first-order chi connectivity index (χ1) is 15.7. The normalized spacial score (nSPS) is 14.1. The Balaban J connectivity index is 1.48. The molecule has 2 N–H and O–H groups in total. The number of benzene rings is 1. The number of halogens is 1. The Morgan fingerprint density at radius 3 is 2.81 bits per heavy atom. The van der Waals surface area contributed by atoms with Crippen molar-refractivity contribution < 1.29 is 9.13 Å². The number of aromatic amines is 1. The fraction of sp³-hybridized carbons (Fsp3) is 0.292. The van der Waals surface area contributed by atoms with Crippen LogP contribution in [0.2, 0.25) is 0 Å². The Kier molecular flexibility index (Phi) is 5.68. The van der Waals surface area contributed by atoms with Crippen LogP contribution in [-0.2, 0) is 11.2 Å². The fourth-order valence-electron chi connectivity index (χ4n) is 4.00. The van der Waals surface area contributed by atoms with Crippen LogP contribution in [0, 0.1) is 12.7 Å². The first-order valence-electron chi connectivity index (χ1n) is 10.8. The molecule has 1 saturated heterocycles. The van der Waals surface area contributed by atoms with Gasteiger partial charge in [-0.05, 0) is 37.3 Å². The summed E-state index contributed by atoms with van der Waals surface area (Å²) in [6, 6.07) is 12.9. The second-order valence-corrected chi connectivity index (χ2v) is 7.84. The van der Waals surface area contributed by atoms with Crippen molar-refractivity contribution in [3.63, 3.8) is 0 Å². The van der Waals surface area contributed by atoms with Crippen LogP contribution in [0.3, 0.4) is 0 Å². The second kappa shape index (κ2) is 8.92. The van der Waals surface area contributed by atoms with Crippen molar-refractivity contribution in [1.82, 2.24) is 19.9 Å². The number of H-pyrrole nitrogens is 1. The van der Waals surface area contributed by atoms with Crippen molar-refractivity contribution in [2.45, 2.75) is 13.3 Å². The number of ether oxygens (including phenoxy) is 1. The van der Waals surface area contributed by atoms with Crippen molar-refractivity contribution in [3.05, 3.63) is 65.9 Å². The Labute approximate surface area is 185 Å². The van der Waals surface area contributed by atoms with Gasteiger partial charge in [-0.25, -0.2) is 9.37 Å². The van der Waals surface area contributed by atoms with Crippen molar-refractivity contribution in [2.75, 3.05) is 43.1 Å². The van der Waals surface area contributed by atoms with Gasteiger partial charge < -0.3 is 19.9 Å². The van der Waals surface area contributed by atoms with E-state index in [2.05, 4.69) is 25.2 Å². The number of morpholine rings is 1. The van der Waals surface area contributed by atoms with Crippen molar-refractivity contribution in [1.29, 1.82) is 0 Å². The lowest BCUT2D eigenvalue weighted by atomic mass is 10.1. The second-order valence-electron chi connectivity index (χ2n) is 7.84. The van der Waals surface area contributed by atoms with Gasteiger partial charge in [0.15, 0.2) is 0 Å². The number of rotatable bonds is 6. The molecular formula is C24H25FN6O. The van der Waals surface area contributed by atoms with Gasteiger partial charge in [0.25, 0.3) is 0 Å². The minimum Gasteiger partial charge on any atom is -0.378 e. The number of anilines is 2. The summed E-state index contributed by atoms with van der Waals surface area (Å²) in [7, 11) is 0. The highest BCUT2D eigenvalue weighted by Gasteiger charge is 2.19. The predicted octanol–water partition coefficient (Wildman–Crippen LogP) is 3.96. The molecule has 8 heteroatoms. The maximum Gasteiger partial charge on any atom is 0.225 e. The number of aryl methyl sites for hydroxylation is 1. The monoisotopic (exact) mass is 432 g/mol. The van der Waals surface area contributed by atoms with Gasteiger partial charge in [-0.15, -0.1) is 0 Å². The summed E-state index contributed by atoms with van der Waals surface area (Å²) in [6.45, 7) is 5.36. The number of nitrogens with one attached hydrogen (secondary N) is 2. The van der Waals surface area contributed by atoms with E-state index in [1.807, 2.05) is 43.5 Å². The summed E-state index contributed by atoms with van der Waals surface area (Å²) in [5.41, 5.74) is 3.90. The first kappa shape index (κ1) is 20.4. The van der Waals surface area contributed by atoms with E-state index in [0.29, 0.717) is 37.0 Å². The van der Waals surface area contributed by atoms with E-state index in [0.717, 1.165) is 47.6 Å². The van der Waals surface area contributed by atoms with E-state index < -0.39 is 0 Å². The smallest absolute Gasteiger partial charge is 0.225 e. The van der Waals surface area contributed by atoms with Gasteiger partial charge in [-0.3, -0.25) is 4.98 Å². The van der Waals surface area contributed by atoms with Gasteiger partial charge in [0.1, 0.15) is 11.6 Å². The van der Waals surface area contributed by atoms with Crippen molar-refractivity contribution in [2.24, 2.45) is 0 Å². The molecule has 3 aromatic heterocycles. The van der Waals surface area contributed by atoms with Crippen LogP contribution < -0.4 is 10.2 Å². The van der Waals surface area contributed by atoms with E-state index in [1.165, 1.54) is 6.07 Å². The number of hydrogen-bond donors (Lipinski definition) is 2. The summed E-state index contributed by atoms with van der Waals surface area (Å²) in [5, 5.41) is 4.11. The lowest BCUT2D eigenvalue weighted by Crippen LogP contribution is -2.37. The molecule has 0 bridgehead atoms. The molecule has 1 aliphatic heterocycles. The van der Waals surface area contributed by atoms with E-state index in [9.17, 15) is 4.39 Å². The third-order valence-corrected chi connectivity index (χ3v) is 5.60. The predicted molar refractivity (Wildman–Crippen MR) is 123 cm³/mol. The minimum absolute atomic E-state index is 0.307. The average Bonchev–Trinajstić information content (AvgIpc) is 3.28. The Hall–Kier alpha value is -3.52. The van der Waals surface area contributed by atoms with E-state index in [4.69, 9.17) is 9.72 Å². The average molecular weight is 433 g/mol. The maximum atomic E-state index is 15.0. The van der Waals surface area contributed by atoms with Crippen LogP contribution in [0.25, 0.3) is 22.2 Å².